The van der Waals surface area contributed by atoms with Crippen LogP contribution in [0.5, 0.6) is 0 Å². The van der Waals surface area contributed by atoms with Crippen LogP contribution in [0, 0.1) is 11.8 Å². The summed E-state index contributed by atoms with van der Waals surface area (Å²) in [6.07, 6.45) is 1.63. The molecule has 0 spiro atoms. The van der Waals surface area contributed by atoms with Crippen molar-refractivity contribution >= 4 is 10.0 Å². The molecule has 0 aliphatic rings. The fraction of sp³-hybridized carbons (Fsp3) is 1.00. The summed E-state index contributed by atoms with van der Waals surface area (Å²) in [5.41, 5.74) is 0. The number of hydrogen-bond acceptors (Lipinski definition) is 3. The Morgan fingerprint density at radius 3 is 2.29 bits per heavy atom. The Labute approximate surface area is 107 Å². The molecular formula is C12H28N2O2S. The Hall–Kier alpha value is -0.130. The van der Waals surface area contributed by atoms with Gasteiger partial charge in [0.2, 0.25) is 10.0 Å². The van der Waals surface area contributed by atoms with Crippen molar-refractivity contribution in [3.05, 3.63) is 0 Å². The van der Waals surface area contributed by atoms with Gasteiger partial charge in [-0.3, -0.25) is 0 Å². The van der Waals surface area contributed by atoms with E-state index in [-0.39, 0.29) is 5.75 Å². The Bertz CT molecular complexity index is 276. The van der Waals surface area contributed by atoms with Gasteiger partial charge in [0.25, 0.3) is 0 Å². The van der Waals surface area contributed by atoms with E-state index in [1.165, 1.54) is 0 Å². The van der Waals surface area contributed by atoms with Crippen LogP contribution in [-0.2, 0) is 10.0 Å². The van der Waals surface area contributed by atoms with Gasteiger partial charge in [0, 0.05) is 6.54 Å². The van der Waals surface area contributed by atoms with E-state index in [0.29, 0.717) is 18.4 Å². The molecule has 0 aromatic carbocycles. The topological polar surface area (TPSA) is 58.2 Å². The van der Waals surface area contributed by atoms with Crippen LogP contribution >= 0.6 is 0 Å². The minimum atomic E-state index is -3.08. The molecule has 0 amide bonds. The van der Waals surface area contributed by atoms with Crippen molar-refractivity contribution in [3.63, 3.8) is 0 Å². The molecule has 0 aromatic rings. The average molecular weight is 264 g/mol. The van der Waals surface area contributed by atoms with Gasteiger partial charge in [-0.25, -0.2) is 13.1 Å². The molecule has 0 saturated carbocycles. The molecule has 104 valence electrons. The summed E-state index contributed by atoms with van der Waals surface area (Å²) in [4.78, 5) is 0. The maximum Gasteiger partial charge on any atom is 0.211 e. The van der Waals surface area contributed by atoms with Gasteiger partial charge < -0.3 is 5.32 Å². The molecule has 1 unspecified atom stereocenters. The Kier molecular flexibility index (Phi) is 8.82. The second kappa shape index (κ2) is 8.89. The van der Waals surface area contributed by atoms with E-state index in [1.54, 1.807) is 0 Å². The summed E-state index contributed by atoms with van der Waals surface area (Å²) in [6.45, 7) is 10.7. The third-order valence-corrected chi connectivity index (χ3v) is 4.46. The highest BCUT2D eigenvalue weighted by Crippen LogP contribution is 2.08. The highest BCUT2D eigenvalue weighted by Gasteiger charge is 2.13. The largest absolute Gasteiger partial charge is 0.317 e. The van der Waals surface area contributed by atoms with Gasteiger partial charge in [-0.1, -0.05) is 27.7 Å². The van der Waals surface area contributed by atoms with E-state index >= 15 is 0 Å². The summed E-state index contributed by atoms with van der Waals surface area (Å²) in [7, 11) is -3.08. The molecule has 0 saturated heterocycles. The summed E-state index contributed by atoms with van der Waals surface area (Å²) >= 11 is 0. The zero-order valence-electron chi connectivity index (χ0n) is 11.6. The highest BCUT2D eigenvalue weighted by molar-refractivity contribution is 7.89. The third kappa shape index (κ3) is 9.56. The molecule has 0 bridgehead atoms. The lowest BCUT2D eigenvalue weighted by atomic mass is 9.99. The van der Waals surface area contributed by atoms with Crippen molar-refractivity contribution in [2.45, 2.75) is 40.5 Å². The molecule has 2 N–H and O–H groups in total. The highest BCUT2D eigenvalue weighted by atomic mass is 32.2. The predicted octanol–water partition coefficient (Wildman–Crippen LogP) is 1.59. The Morgan fingerprint density at radius 1 is 1.12 bits per heavy atom. The predicted molar refractivity (Wildman–Crippen MR) is 73.6 cm³/mol. The first-order chi connectivity index (χ1) is 7.89. The molecule has 0 aromatic heterocycles. The zero-order chi connectivity index (χ0) is 13.3. The van der Waals surface area contributed by atoms with Crippen molar-refractivity contribution in [2.24, 2.45) is 11.8 Å². The maximum atomic E-state index is 11.7. The molecule has 4 nitrogen and oxygen atoms in total. The SMILES string of the molecule is CCNCCCCS(=O)(=O)NCC(C)C(C)C. The fourth-order valence-electron chi connectivity index (χ4n) is 1.29. The lowest BCUT2D eigenvalue weighted by Gasteiger charge is -2.16. The van der Waals surface area contributed by atoms with Gasteiger partial charge >= 0.3 is 0 Å². The van der Waals surface area contributed by atoms with Gasteiger partial charge in [0.15, 0.2) is 0 Å². The van der Waals surface area contributed by atoms with E-state index in [2.05, 4.69) is 30.8 Å². The number of unbranched alkanes of at least 4 members (excludes halogenated alkanes) is 1. The number of sulfonamides is 1. The van der Waals surface area contributed by atoms with E-state index in [9.17, 15) is 8.42 Å². The first-order valence-corrected chi connectivity index (χ1v) is 8.22. The van der Waals surface area contributed by atoms with Gasteiger partial charge in [-0.15, -0.1) is 0 Å². The van der Waals surface area contributed by atoms with E-state index in [4.69, 9.17) is 0 Å². The van der Waals surface area contributed by atoms with Crippen LogP contribution in [0.3, 0.4) is 0 Å². The quantitative estimate of drug-likeness (QED) is 0.589. The minimum absolute atomic E-state index is 0.239. The van der Waals surface area contributed by atoms with Crippen LogP contribution in [0.25, 0.3) is 0 Å². The first-order valence-electron chi connectivity index (χ1n) is 6.57. The molecule has 17 heavy (non-hydrogen) atoms. The van der Waals surface area contributed by atoms with Crippen LogP contribution < -0.4 is 10.0 Å². The van der Waals surface area contributed by atoms with Gasteiger partial charge in [-0.2, -0.15) is 0 Å². The summed E-state index contributed by atoms with van der Waals surface area (Å²) in [5.74, 6) is 1.13. The normalized spacial score (nSPS) is 14.2. The van der Waals surface area contributed by atoms with Crippen molar-refractivity contribution < 1.29 is 8.42 Å². The first kappa shape index (κ1) is 16.9. The fourth-order valence-corrected chi connectivity index (χ4v) is 2.53. The molecule has 0 heterocycles. The molecule has 0 fully saturated rings. The van der Waals surface area contributed by atoms with Crippen LogP contribution in [-0.4, -0.2) is 33.8 Å². The number of nitrogens with one attached hydrogen (secondary N) is 2. The maximum absolute atomic E-state index is 11.7. The number of hydrogen-bond donors (Lipinski definition) is 2. The van der Waals surface area contributed by atoms with Crippen LogP contribution in [0.4, 0.5) is 0 Å². The summed E-state index contributed by atoms with van der Waals surface area (Å²) < 4.78 is 26.0. The lowest BCUT2D eigenvalue weighted by molar-refractivity contribution is 0.414. The van der Waals surface area contributed by atoms with Crippen LogP contribution in [0.15, 0.2) is 0 Å². The lowest BCUT2D eigenvalue weighted by Crippen LogP contribution is -2.32. The van der Waals surface area contributed by atoms with Gasteiger partial charge in [-0.05, 0) is 37.8 Å². The molecule has 0 rings (SSSR count). The number of rotatable bonds is 10. The Morgan fingerprint density at radius 2 is 1.76 bits per heavy atom. The van der Waals surface area contributed by atoms with Crippen molar-refractivity contribution in [2.75, 3.05) is 25.4 Å². The Balaban J connectivity index is 3.73. The molecule has 0 aliphatic heterocycles. The second-order valence-corrected chi connectivity index (χ2v) is 6.88. The molecule has 0 radical (unpaired) electrons. The molecule has 0 aliphatic carbocycles. The van der Waals surface area contributed by atoms with Crippen molar-refractivity contribution in [1.29, 1.82) is 0 Å². The van der Waals surface area contributed by atoms with Crippen molar-refractivity contribution in [1.82, 2.24) is 10.0 Å². The minimum Gasteiger partial charge on any atom is -0.317 e. The van der Waals surface area contributed by atoms with E-state index < -0.39 is 10.0 Å². The van der Waals surface area contributed by atoms with Crippen LogP contribution in [0.1, 0.15) is 40.5 Å². The summed E-state index contributed by atoms with van der Waals surface area (Å²) in [6, 6.07) is 0. The van der Waals surface area contributed by atoms with Gasteiger partial charge in [0.1, 0.15) is 0 Å². The smallest absolute Gasteiger partial charge is 0.211 e. The van der Waals surface area contributed by atoms with E-state index in [1.807, 2.05) is 6.92 Å². The van der Waals surface area contributed by atoms with Gasteiger partial charge in [0.05, 0.1) is 5.75 Å². The summed E-state index contributed by atoms with van der Waals surface area (Å²) in [5, 5.41) is 3.18. The average Bonchev–Trinajstić information content (AvgIpc) is 2.25. The van der Waals surface area contributed by atoms with E-state index in [0.717, 1.165) is 25.9 Å². The second-order valence-electron chi connectivity index (χ2n) is 4.95. The monoisotopic (exact) mass is 264 g/mol. The zero-order valence-corrected chi connectivity index (χ0v) is 12.4. The van der Waals surface area contributed by atoms with Crippen molar-refractivity contribution in [3.8, 4) is 0 Å². The molecule has 5 heteroatoms. The third-order valence-electron chi connectivity index (χ3n) is 3.03. The van der Waals surface area contributed by atoms with Crippen LogP contribution in [0.2, 0.25) is 0 Å². The standard InChI is InChI=1S/C12H28N2O2S/c1-5-13-8-6-7-9-17(15,16)14-10-12(4)11(2)3/h11-14H,5-10H2,1-4H3. The molecule has 1 atom stereocenters. The molecular weight excluding hydrogens is 236 g/mol.